The molecule has 28 heavy (non-hydrogen) atoms. The molecule has 1 aliphatic heterocycles. The van der Waals surface area contributed by atoms with Crippen LogP contribution < -0.4 is 10.2 Å². The Morgan fingerprint density at radius 1 is 1.11 bits per heavy atom. The highest BCUT2D eigenvalue weighted by molar-refractivity contribution is 5.97. The standard InChI is InChI=1S/C21H21N3O4/c1-15(28-21(26)17-4-2-16(14-22)3-5-17)20(25)23-18-6-8-19(9-7-18)24-10-12-27-13-11-24/h2-9,15H,10-13H2,1H3,(H,23,25)/t15-/m0/s1. The number of nitrogens with one attached hydrogen (secondary N) is 1. The molecule has 0 saturated carbocycles. The van der Waals surface area contributed by atoms with Gasteiger partial charge in [0.1, 0.15) is 0 Å². The minimum atomic E-state index is -0.956. The number of benzene rings is 2. The summed E-state index contributed by atoms with van der Waals surface area (Å²) >= 11 is 0. The Labute approximate surface area is 163 Å². The van der Waals surface area contributed by atoms with Crippen molar-refractivity contribution in [2.75, 3.05) is 36.5 Å². The normalized spacial score (nSPS) is 14.6. The van der Waals surface area contributed by atoms with E-state index in [4.69, 9.17) is 14.7 Å². The predicted octanol–water partition coefficient (Wildman–Crippen LogP) is 2.58. The van der Waals surface area contributed by atoms with E-state index in [2.05, 4.69) is 10.2 Å². The molecule has 0 bridgehead atoms. The first-order valence-corrected chi connectivity index (χ1v) is 9.01. The van der Waals surface area contributed by atoms with Crippen molar-refractivity contribution < 1.29 is 19.1 Å². The topological polar surface area (TPSA) is 91.7 Å². The van der Waals surface area contributed by atoms with Crippen LogP contribution in [0.4, 0.5) is 11.4 Å². The van der Waals surface area contributed by atoms with Crippen molar-refractivity contribution in [2.45, 2.75) is 13.0 Å². The smallest absolute Gasteiger partial charge is 0.338 e. The number of rotatable bonds is 5. The number of hydrogen-bond acceptors (Lipinski definition) is 6. The van der Waals surface area contributed by atoms with Crippen LogP contribution in [0.1, 0.15) is 22.8 Å². The fourth-order valence-electron chi connectivity index (χ4n) is 2.78. The zero-order valence-electron chi connectivity index (χ0n) is 15.6. The molecule has 1 amide bonds. The van der Waals surface area contributed by atoms with Gasteiger partial charge in [-0.1, -0.05) is 0 Å². The van der Waals surface area contributed by atoms with Crippen LogP contribution >= 0.6 is 0 Å². The molecule has 0 aliphatic carbocycles. The first-order valence-electron chi connectivity index (χ1n) is 9.01. The van der Waals surface area contributed by atoms with Gasteiger partial charge in [0.2, 0.25) is 0 Å². The van der Waals surface area contributed by atoms with Gasteiger partial charge in [0.25, 0.3) is 5.91 Å². The average Bonchev–Trinajstić information content (AvgIpc) is 2.75. The number of morpholine rings is 1. The highest BCUT2D eigenvalue weighted by Gasteiger charge is 2.19. The Hall–Kier alpha value is -3.37. The van der Waals surface area contributed by atoms with E-state index >= 15 is 0 Å². The van der Waals surface area contributed by atoms with E-state index < -0.39 is 18.0 Å². The molecule has 1 aliphatic rings. The molecule has 0 unspecified atom stereocenters. The Morgan fingerprint density at radius 2 is 1.75 bits per heavy atom. The van der Waals surface area contributed by atoms with E-state index in [1.807, 2.05) is 30.3 Å². The summed E-state index contributed by atoms with van der Waals surface area (Å²) in [5.41, 5.74) is 2.43. The summed E-state index contributed by atoms with van der Waals surface area (Å²) in [6, 6.07) is 15.5. The number of carbonyl (C=O) groups is 2. The summed E-state index contributed by atoms with van der Waals surface area (Å²) in [4.78, 5) is 26.7. The number of nitriles is 1. The number of nitrogens with zero attached hydrogens (tertiary/aromatic N) is 2. The monoisotopic (exact) mass is 379 g/mol. The van der Waals surface area contributed by atoms with Crippen molar-refractivity contribution in [3.63, 3.8) is 0 Å². The second kappa shape index (κ2) is 9.02. The third kappa shape index (κ3) is 4.87. The van der Waals surface area contributed by atoms with Crippen molar-refractivity contribution in [1.82, 2.24) is 0 Å². The lowest BCUT2D eigenvalue weighted by Gasteiger charge is -2.28. The Morgan fingerprint density at radius 3 is 2.36 bits per heavy atom. The van der Waals surface area contributed by atoms with Crippen LogP contribution in [-0.2, 0) is 14.3 Å². The zero-order valence-corrected chi connectivity index (χ0v) is 15.6. The molecular weight excluding hydrogens is 358 g/mol. The first-order chi connectivity index (χ1) is 13.6. The van der Waals surface area contributed by atoms with Gasteiger partial charge < -0.3 is 19.7 Å². The Kier molecular flexibility index (Phi) is 6.25. The van der Waals surface area contributed by atoms with Gasteiger partial charge in [-0.05, 0) is 55.5 Å². The maximum Gasteiger partial charge on any atom is 0.338 e. The lowest BCUT2D eigenvalue weighted by Crippen LogP contribution is -2.36. The molecule has 1 N–H and O–H groups in total. The van der Waals surface area contributed by atoms with Crippen LogP contribution in [0.2, 0.25) is 0 Å². The molecule has 0 radical (unpaired) electrons. The van der Waals surface area contributed by atoms with E-state index in [1.165, 1.54) is 31.2 Å². The van der Waals surface area contributed by atoms with Gasteiger partial charge in [-0.15, -0.1) is 0 Å². The van der Waals surface area contributed by atoms with Crippen molar-refractivity contribution in [3.8, 4) is 6.07 Å². The van der Waals surface area contributed by atoms with E-state index in [0.29, 0.717) is 24.5 Å². The van der Waals surface area contributed by atoms with Crippen LogP contribution in [0.3, 0.4) is 0 Å². The van der Waals surface area contributed by atoms with Gasteiger partial charge in [-0.2, -0.15) is 5.26 Å². The molecule has 7 heteroatoms. The number of hydrogen-bond donors (Lipinski definition) is 1. The molecule has 2 aromatic carbocycles. The summed E-state index contributed by atoms with van der Waals surface area (Å²) < 4.78 is 10.6. The molecule has 7 nitrogen and oxygen atoms in total. The third-order valence-electron chi connectivity index (χ3n) is 4.41. The summed E-state index contributed by atoms with van der Waals surface area (Å²) in [6.07, 6.45) is -0.956. The highest BCUT2D eigenvalue weighted by Crippen LogP contribution is 2.19. The molecule has 1 heterocycles. The van der Waals surface area contributed by atoms with E-state index in [-0.39, 0.29) is 5.56 Å². The van der Waals surface area contributed by atoms with Gasteiger partial charge >= 0.3 is 5.97 Å². The minimum Gasteiger partial charge on any atom is -0.449 e. The molecule has 1 atom stereocenters. The lowest BCUT2D eigenvalue weighted by molar-refractivity contribution is -0.123. The number of amides is 1. The van der Waals surface area contributed by atoms with Crippen molar-refractivity contribution in [2.24, 2.45) is 0 Å². The fraction of sp³-hybridized carbons (Fsp3) is 0.286. The first kappa shape index (κ1) is 19.4. The largest absolute Gasteiger partial charge is 0.449 e. The summed E-state index contributed by atoms with van der Waals surface area (Å²) in [5, 5.41) is 11.5. The lowest BCUT2D eigenvalue weighted by atomic mass is 10.1. The van der Waals surface area contributed by atoms with Gasteiger partial charge in [-0.25, -0.2) is 4.79 Å². The highest BCUT2D eigenvalue weighted by atomic mass is 16.5. The quantitative estimate of drug-likeness (QED) is 0.803. The second-order valence-corrected chi connectivity index (χ2v) is 6.37. The average molecular weight is 379 g/mol. The maximum atomic E-state index is 12.3. The SMILES string of the molecule is C[C@H](OC(=O)c1ccc(C#N)cc1)C(=O)Nc1ccc(N2CCOCC2)cc1. The molecular formula is C21H21N3O4. The van der Waals surface area contributed by atoms with Gasteiger partial charge in [-0.3, -0.25) is 4.79 Å². The maximum absolute atomic E-state index is 12.3. The molecule has 2 aromatic rings. The van der Waals surface area contributed by atoms with Crippen LogP contribution in [0, 0.1) is 11.3 Å². The van der Waals surface area contributed by atoms with Gasteiger partial charge in [0, 0.05) is 24.5 Å². The van der Waals surface area contributed by atoms with Gasteiger partial charge in [0.15, 0.2) is 6.10 Å². The number of anilines is 2. The van der Waals surface area contributed by atoms with Crippen molar-refractivity contribution >= 4 is 23.3 Å². The minimum absolute atomic E-state index is 0.286. The molecule has 1 fully saturated rings. The van der Waals surface area contributed by atoms with Crippen LogP contribution in [0.5, 0.6) is 0 Å². The van der Waals surface area contributed by atoms with E-state index in [1.54, 1.807) is 0 Å². The number of ether oxygens (including phenoxy) is 2. The molecule has 3 rings (SSSR count). The van der Waals surface area contributed by atoms with Crippen LogP contribution in [0.15, 0.2) is 48.5 Å². The third-order valence-corrected chi connectivity index (χ3v) is 4.41. The van der Waals surface area contributed by atoms with Crippen molar-refractivity contribution in [1.29, 1.82) is 5.26 Å². The Balaban J connectivity index is 1.54. The Bertz CT molecular complexity index is 866. The summed E-state index contributed by atoms with van der Waals surface area (Å²) in [5.74, 6) is -1.03. The fourth-order valence-corrected chi connectivity index (χ4v) is 2.78. The molecule has 0 aromatic heterocycles. The number of esters is 1. The molecule has 0 spiro atoms. The van der Waals surface area contributed by atoms with E-state index in [0.717, 1.165) is 18.8 Å². The predicted molar refractivity (Wildman–Crippen MR) is 104 cm³/mol. The zero-order chi connectivity index (χ0) is 19.9. The van der Waals surface area contributed by atoms with Crippen molar-refractivity contribution in [3.05, 3.63) is 59.7 Å². The van der Waals surface area contributed by atoms with E-state index in [9.17, 15) is 9.59 Å². The summed E-state index contributed by atoms with van der Waals surface area (Å²) in [6.45, 7) is 4.61. The summed E-state index contributed by atoms with van der Waals surface area (Å²) in [7, 11) is 0. The molecule has 1 saturated heterocycles. The van der Waals surface area contributed by atoms with Crippen LogP contribution in [0.25, 0.3) is 0 Å². The number of carbonyl (C=O) groups excluding carboxylic acids is 2. The van der Waals surface area contributed by atoms with Crippen LogP contribution in [-0.4, -0.2) is 44.3 Å². The van der Waals surface area contributed by atoms with Gasteiger partial charge in [0.05, 0.1) is 30.4 Å². The second-order valence-electron chi connectivity index (χ2n) is 6.37. The molecule has 144 valence electrons.